The van der Waals surface area contributed by atoms with E-state index in [9.17, 15) is 25.1 Å². The number of nitrogens with one attached hydrogen (secondary N) is 1. The number of nitrogens with zero attached hydrogens (tertiary/aromatic N) is 2. The zero-order valence-electron chi connectivity index (χ0n) is 28.4. The summed E-state index contributed by atoms with van der Waals surface area (Å²) in [6.07, 6.45) is 3.69. The van der Waals surface area contributed by atoms with Gasteiger partial charge in [0.1, 0.15) is 0 Å². The lowest BCUT2D eigenvalue weighted by Crippen LogP contribution is -2.68. The Hall–Kier alpha value is -4.03. The van der Waals surface area contributed by atoms with E-state index in [1.807, 2.05) is 6.92 Å². The van der Waals surface area contributed by atoms with Crippen LogP contribution < -0.4 is 5.32 Å². The van der Waals surface area contributed by atoms with Crippen LogP contribution in [-0.2, 0) is 19.7 Å². The normalized spacial score (nSPS) is 27.2. The SMILES string of the molecule is CC1N[C@H](C)C(C)(C(=O)O)C(c2cccc(C#N)c2)C1(CCCOCCCN1CCC(c2ccccc2)(c2ccccc2)CC1)C(=O)O. The van der Waals surface area contributed by atoms with Crippen LogP contribution in [0.15, 0.2) is 84.9 Å². The van der Waals surface area contributed by atoms with Crippen molar-refractivity contribution in [3.05, 3.63) is 107 Å². The predicted molar refractivity (Wildman–Crippen MR) is 186 cm³/mol. The molecule has 2 aliphatic heterocycles. The largest absolute Gasteiger partial charge is 0.481 e. The first-order valence-corrected chi connectivity index (χ1v) is 17.2. The Balaban J connectivity index is 1.19. The maximum atomic E-state index is 13.3. The average Bonchev–Trinajstić information content (AvgIpc) is 3.10. The van der Waals surface area contributed by atoms with Crippen LogP contribution in [0.5, 0.6) is 0 Å². The molecule has 2 saturated heterocycles. The summed E-state index contributed by atoms with van der Waals surface area (Å²) in [5.41, 5.74) is 0.858. The highest BCUT2D eigenvalue weighted by molar-refractivity contribution is 5.84. The first-order valence-electron chi connectivity index (χ1n) is 17.2. The number of carboxylic acids is 2. The Morgan fingerprint density at radius 3 is 2.04 bits per heavy atom. The van der Waals surface area contributed by atoms with Crippen LogP contribution in [0.2, 0.25) is 0 Å². The molecular weight excluding hydrogens is 602 g/mol. The van der Waals surface area contributed by atoms with Gasteiger partial charge in [0.25, 0.3) is 0 Å². The van der Waals surface area contributed by atoms with E-state index in [-0.39, 0.29) is 11.8 Å². The number of ether oxygens (including phenoxy) is 1. The quantitative estimate of drug-likeness (QED) is 0.180. The summed E-state index contributed by atoms with van der Waals surface area (Å²) >= 11 is 0. The molecule has 3 N–H and O–H groups in total. The van der Waals surface area contributed by atoms with E-state index in [2.05, 4.69) is 76.9 Å². The molecule has 3 aromatic carbocycles. The van der Waals surface area contributed by atoms with Gasteiger partial charge in [-0.2, -0.15) is 5.26 Å². The highest BCUT2D eigenvalue weighted by Gasteiger charge is 2.64. The van der Waals surface area contributed by atoms with Crippen molar-refractivity contribution in [3.63, 3.8) is 0 Å². The topological polar surface area (TPSA) is 123 Å². The number of carbonyl (C=O) groups is 2. The van der Waals surface area contributed by atoms with E-state index >= 15 is 0 Å². The van der Waals surface area contributed by atoms with Crippen molar-refractivity contribution in [3.8, 4) is 6.07 Å². The summed E-state index contributed by atoms with van der Waals surface area (Å²) < 4.78 is 6.05. The number of hydrogen-bond acceptors (Lipinski definition) is 6. The molecule has 4 unspecified atom stereocenters. The van der Waals surface area contributed by atoms with Gasteiger partial charge in [-0.25, -0.2) is 0 Å². The van der Waals surface area contributed by atoms with Crippen molar-refractivity contribution in [1.82, 2.24) is 10.2 Å². The fraction of sp³-hybridized carbons (Fsp3) is 0.475. The molecule has 48 heavy (non-hydrogen) atoms. The number of likely N-dealkylation sites (tertiary alicyclic amines) is 1. The molecule has 0 amide bonds. The molecule has 2 heterocycles. The van der Waals surface area contributed by atoms with E-state index in [1.54, 1.807) is 38.1 Å². The molecule has 0 aliphatic carbocycles. The van der Waals surface area contributed by atoms with Gasteiger partial charge in [0.2, 0.25) is 0 Å². The third-order valence-electron chi connectivity index (χ3n) is 11.5. The number of nitriles is 1. The standard InChI is InChI=1S/C40H49N3O5/c1-29-38(3,36(44)45)35(32-14-10-13-31(27-32)28-41)40(37(46)47,30(2)42-29)19-11-25-48-26-12-22-43-23-20-39(21-24-43,33-15-6-4-7-16-33)34-17-8-5-9-18-34/h4-10,13-18,27,29-30,35,42H,11-12,19-26H2,1-3H3,(H,44,45)(H,46,47)/t29-,30?,35?,38?,40?/m1/s1. The van der Waals surface area contributed by atoms with Crippen molar-refractivity contribution in [1.29, 1.82) is 5.26 Å². The lowest BCUT2D eigenvalue weighted by atomic mass is 9.51. The fourth-order valence-corrected chi connectivity index (χ4v) is 8.62. The molecule has 0 saturated carbocycles. The first kappa shape index (κ1) is 35.3. The summed E-state index contributed by atoms with van der Waals surface area (Å²) in [4.78, 5) is 28.6. The molecule has 2 fully saturated rings. The van der Waals surface area contributed by atoms with Crippen LogP contribution in [-0.4, -0.2) is 72.0 Å². The van der Waals surface area contributed by atoms with E-state index in [0.29, 0.717) is 30.8 Å². The summed E-state index contributed by atoms with van der Waals surface area (Å²) in [7, 11) is 0. The second-order valence-corrected chi connectivity index (χ2v) is 13.9. The van der Waals surface area contributed by atoms with E-state index in [0.717, 1.165) is 38.9 Å². The van der Waals surface area contributed by atoms with Crippen LogP contribution in [0.1, 0.15) is 81.0 Å². The molecule has 254 valence electrons. The molecule has 0 aromatic heterocycles. The highest BCUT2D eigenvalue weighted by Crippen LogP contribution is 2.57. The Morgan fingerprint density at radius 2 is 1.48 bits per heavy atom. The number of rotatable bonds is 13. The number of piperidine rings is 2. The zero-order chi connectivity index (χ0) is 34.4. The van der Waals surface area contributed by atoms with Crippen molar-refractivity contribution in [2.45, 2.75) is 76.3 Å². The van der Waals surface area contributed by atoms with Gasteiger partial charge in [-0.15, -0.1) is 0 Å². The number of benzene rings is 3. The van der Waals surface area contributed by atoms with Gasteiger partial charge in [0.15, 0.2) is 0 Å². The molecule has 0 bridgehead atoms. The Labute approximate surface area is 284 Å². The molecule has 8 heteroatoms. The Bertz CT molecular complexity index is 1540. The lowest BCUT2D eigenvalue weighted by Gasteiger charge is -2.56. The maximum absolute atomic E-state index is 13.3. The summed E-state index contributed by atoms with van der Waals surface area (Å²) in [6, 6.07) is 29.6. The molecule has 5 atom stereocenters. The van der Waals surface area contributed by atoms with Gasteiger partial charge in [-0.05, 0) is 94.8 Å². The second-order valence-electron chi connectivity index (χ2n) is 13.9. The Morgan fingerprint density at radius 1 is 0.875 bits per heavy atom. The molecule has 0 spiro atoms. The minimum atomic E-state index is -1.42. The van der Waals surface area contributed by atoms with E-state index in [4.69, 9.17) is 4.74 Å². The minimum absolute atomic E-state index is 0.0169. The van der Waals surface area contributed by atoms with Gasteiger partial charge in [-0.3, -0.25) is 9.59 Å². The molecule has 5 rings (SSSR count). The summed E-state index contributed by atoms with van der Waals surface area (Å²) in [5.74, 6) is -2.97. The lowest BCUT2D eigenvalue weighted by molar-refractivity contribution is -0.171. The van der Waals surface area contributed by atoms with Gasteiger partial charge < -0.3 is 25.2 Å². The van der Waals surface area contributed by atoms with Gasteiger partial charge in [-0.1, -0.05) is 72.8 Å². The van der Waals surface area contributed by atoms with Crippen molar-refractivity contribution >= 4 is 11.9 Å². The summed E-state index contributed by atoms with van der Waals surface area (Å²) in [5, 5.41) is 34.2. The predicted octanol–water partition coefficient (Wildman–Crippen LogP) is 6.45. The molecule has 8 nitrogen and oxygen atoms in total. The van der Waals surface area contributed by atoms with Crippen molar-refractivity contribution in [2.75, 3.05) is 32.8 Å². The second kappa shape index (κ2) is 15.0. The fourth-order valence-electron chi connectivity index (χ4n) is 8.62. The minimum Gasteiger partial charge on any atom is -0.481 e. The number of aliphatic carboxylic acids is 2. The molecule has 3 aromatic rings. The zero-order valence-corrected chi connectivity index (χ0v) is 28.4. The highest BCUT2D eigenvalue weighted by atomic mass is 16.5. The smallest absolute Gasteiger partial charge is 0.311 e. The number of hydrogen-bond donors (Lipinski definition) is 3. The molecule has 0 radical (unpaired) electrons. The third kappa shape index (κ3) is 6.64. The van der Waals surface area contributed by atoms with E-state index < -0.39 is 40.8 Å². The van der Waals surface area contributed by atoms with Crippen LogP contribution >= 0.6 is 0 Å². The third-order valence-corrected chi connectivity index (χ3v) is 11.5. The van der Waals surface area contributed by atoms with Gasteiger partial charge in [0, 0.05) is 43.2 Å². The van der Waals surface area contributed by atoms with Crippen LogP contribution in [0, 0.1) is 22.2 Å². The monoisotopic (exact) mass is 651 g/mol. The number of carboxylic acid groups (broad SMARTS) is 2. The summed E-state index contributed by atoms with van der Waals surface area (Å²) in [6.45, 7) is 9.16. The van der Waals surface area contributed by atoms with Crippen molar-refractivity contribution < 1.29 is 24.5 Å². The van der Waals surface area contributed by atoms with Crippen LogP contribution in [0.3, 0.4) is 0 Å². The van der Waals surface area contributed by atoms with Crippen LogP contribution in [0.25, 0.3) is 0 Å². The van der Waals surface area contributed by atoms with Crippen LogP contribution in [0.4, 0.5) is 0 Å². The Kier molecular flexibility index (Phi) is 11.0. The first-order chi connectivity index (χ1) is 23.1. The van der Waals surface area contributed by atoms with Crippen molar-refractivity contribution in [2.24, 2.45) is 10.8 Å². The van der Waals surface area contributed by atoms with Gasteiger partial charge in [0.05, 0.1) is 22.5 Å². The molecule has 2 aliphatic rings. The van der Waals surface area contributed by atoms with Gasteiger partial charge >= 0.3 is 11.9 Å². The average molecular weight is 652 g/mol. The molecular formula is C40H49N3O5. The maximum Gasteiger partial charge on any atom is 0.311 e. The van der Waals surface area contributed by atoms with E-state index in [1.165, 1.54) is 11.1 Å².